The van der Waals surface area contributed by atoms with Crippen LogP contribution >= 0.6 is 0 Å². The zero-order valence-electron chi connectivity index (χ0n) is 9.57. The SMILES string of the molecule is CNC(Cc1ccc(C)cc1)c1cn[nH]n1. The number of H-pyrrole nitrogens is 1. The number of aryl methyl sites for hydroxylation is 1. The van der Waals surface area contributed by atoms with E-state index in [0.29, 0.717) is 0 Å². The van der Waals surface area contributed by atoms with Crippen LogP contribution in [0.3, 0.4) is 0 Å². The first-order valence-corrected chi connectivity index (χ1v) is 5.38. The molecule has 0 amide bonds. The van der Waals surface area contributed by atoms with E-state index in [4.69, 9.17) is 0 Å². The fourth-order valence-electron chi connectivity index (χ4n) is 1.69. The Bertz CT molecular complexity index is 419. The lowest BCUT2D eigenvalue weighted by Crippen LogP contribution is -2.19. The van der Waals surface area contributed by atoms with Crippen LogP contribution in [0.1, 0.15) is 22.9 Å². The third kappa shape index (κ3) is 2.46. The summed E-state index contributed by atoms with van der Waals surface area (Å²) in [5, 5.41) is 13.8. The maximum absolute atomic E-state index is 4.10. The van der Waals surface area contributed by atoms with Crippen LogP contribution in [0.5, 0.6) is 0 Å². The molecule has 16 heavy (non-hydrogen) atoms. The quantitative estimate of drug-likeness (QED) is 0.816. The lowest BCUT2D eigenvalue weighted by atomic mass is 10.0. The molecule has 2 N–H and O–H groups in total. The van der Waals surface area contributed by atoms with Gasteiger partial charge in [0.1, 0.15) is 0 Å². The smallest absolute Gasteiger partial charge is 0.0997 e. The molecule has 0 fully saturated rings. The Balaban J connectivity index is 2.10. The monoisotopic (exact) mass is 216 g/mol. The molecule has 4 heteroatoms. The van der Waals surface area contributed by atoms with Crippen LogP contribution in [0.4, 0.5) is 0 Å². The van der Waals surface area contributed by atoms with E-state index in [2.05, 4.69) is 51.9 Å². The third-order valence-corrected chi connectivity index (χ3v) is 2.70. The zero-order valence-corrected chi connectivity index (χ0v) is 9.57. The molecule has 0 aliphatic heterocycles. The molecule has 2 rings (SSSR count). The van der Waals surface area contributed by atoms with Crippen LogP contribution in [0.25, 0.3) is 0 Å². The number of nitrogens with zero attached hydrogens (tertiary/aromatic N) is 2. The summed E-state index contributed by atoms with van der Waals surface area (Å²) >= 11 is 0. The Hall–Kier alpha value is -1.68. The lowest BCUT2D eigenvalue weighted by molar-refractivity contribution is 0.574. The van der Waals surface area contributed by atoms with Crippen molar-refractivity contribution in [1.82, 2.24) is 20.7 Å². The standard InChI is InChI=1S/C12H16N4/c1-9-3-5-10(6-4-9)7-11(13-2)12-8-14-16-15-12/h3-6,8,11,13H,7H2,1-2H3,(H,14,15,16). The van der Waals surface area contributed by atoms with Gasteiger partial charge in [0.2, 0.25) is 0 Å². The predicted molar refractivity (Wildman–Crippen MR) is 63.1 cm³/mol. The molecule has 0 aliphatic carbocycles. The molecule has 1 aromatic carbocycles. The van der Waals surface area contributed by atoms with Gasteiger partial charge >= 0.3 is 0 Å². The molecular weight excluding hydrogens is 200 g/mol. The Morgan fingerprint density at radius 3 is 2.62 bits per heavy atom. The summed E-state index contributed by atoms with van der Waals surface area (Å²) in [5.41, 5.74) is 3.53. The molecule has 0 radical (unpaired) electrons. The van der Waals surface area contributed by atoms with Gasteiger partial charge in [-0.25, -0.2) is 0 Å². The molecule has 1 aromatic heterocycles. The normalized spacial score (nSPS) is 12.6. The lowest BCUT2D eigenvalue weighted by Gasteiger charge is -2.13. The third-order valence-electron chi connectivity index (χ3n) is 2.70. The molecule has 0 aliphatic rings. The van der Waals surface area contributed by atoms with Gasteiger partial charge in [-0.3, -0.25) is 0 Å². The van der Waals surface area contributed by atoms with Crippen molar-refractivity contribution in [3.8, 4) is 0 Å². The molecule has 0 saturated heterocycles. The van der Waals surface area contributed by atoms with E-state index in [1.54, 1.807) is 6.20 Å². The van der Waals surface area contributed by atoms with Crippen molar-refractivity contribution in [1.29, 1.82) is 0 Å². The minimum Gasteiger partial charge on any atom is -0.311 e. The number of hydrogen-bond acceptors (Lipinski definition) is 3. The first kappa shape index (κ1) is 10.8. The van der Waals surface area contributed by atoms with E-state index in [-0.39, 0.29) is 6.04 Å². The highest BCUT2D eigenvalue weighted by Gasteiger charge is 2.12. The second kappa shape index (κ2) is 4.90. The Labute approximate surface area is 95.1 Å². The van der Waals surface area contributed by atoms with Crippen molar-refractivity contribution < 1.29 is 0 Å². The van der Waals surface area contributed by atoms with Gasteiger partial charge in [0.15, 0.2) is 0 Å². The minimum atomic E-state index is 0.210. The van der Waals surface area contributed by atoms with E-state index in [1.165, 1.54) is 11.1 Å². The summed E-state index contributed by atoms with van der Waals surface area (Å²) in [6.45, 7) is 2.09. The number of nitrogens with one attached hydrogen (secondary N) is 2. The van der Waals surface area contributed by atoms with Crippen molar-refractivity contribution in [2.45, 2.75) is 19.4 Å². The van der Waals surface area contributed by atoms with Gasteiger partial charge in [0.25, 0.3) is 0 Å². The van der Waals surface area contributed by atoms with Crippen LogP contribution in [-0.2, 0) is 6.42 Å². The van der Waals surface area contributed by atoms with Gasteiger partial charge in [-0.05, 0) is 26.0 Å². The summed E-state index contributed by atoms with van der Waals surface area (Å²) < 4.78 is 0. The van der Waals surface area contributed by atoms with E-state index in [0.717, 1.165) is 12.1 Å². The largest absolute Gasteiger partial charge is 0.311 e. The molecule has 0 saturated carbocycles. The van der Waals surface area contributed by atoms with Gasteiger partial charge in [0, 0.05) is 0 Å². The van der Waals surface area contributed by atoms with Crippen LogP contribution in [-0.4, -0.2) is 22.5 Å². The van der Waals surface area contributed by atoms with E-state index in [9.17, 15) is 0 Å². The van der Waals surface area contributed by atoms with Gasteiger partial charge < -0.3 is 5.32 Å². The summed E-state index contributed by atoms with van der Waals surface area (Å²) in [5.74, 6) is 0. The van der Waals surface area contributed by atoms with E-state index >= 15 is 0 Å². The van der Waals surface area contributed by atoms with Crippen LogP contribution in [0.2, 0.25) is 0 Å². The highest BCUT2D eigenvalue weighted by Crippen LogP contribution is 2.15. The topological polar surface area (TPSA) is 53.6 Å². The number of benzene rings is 1. The first-order valence-electron chi connectivity index (χ1n) is 5.38. The van der Waals surface area contributed by atoms with Crippen molar-refractivity contribution in [2.24, 2.45) is 0 Å². The maximum Gasteiger partial charge on any atom is 0.0997 e. The Kier molecular flexibility index (Phi) is 3.31. The number of aromatic amines is 1. The number of hydrogen-bond donors (Lipinski definition) is 2. The second-order valence-corrected chi connectivity index (χ2v) is 3.93. The molecule has 1 unspecified atom stereocenters. The fraction of sp³-hybridized carbons (Fsp3) is 0.333. The molecular formula is C12H16N4. The summed E-state index contributed by atoms with van der Waals surface area (Å²) in [7, 11) is 1.94. The molecule has 2 aromatic rings. The summed E-state index contributed by atoms with van der Waals surface area (Å²) in [6.07, 6.45) is 2.68. The highest BCUT2D eigenvalue weighted by atomic mass is 15.3. The average Bonchev–Trinajstić information content (AvgIpc) is 2.82. The van der Waals surface area contributed by atoms with Crippen LogP contribution in [0.15, 0.2) is 30.5 Å². The van der Waals surface area contributed by atoms with Crippen molar-refractivity contribution >= 4 is 0 Å². The molecule has 84 valence electrons. The van der Waals surface area contributed by atoms with Crippen LogP contribution < -0.4 is 5.32 Å². The van der Waals surface area contributed by atoms with Crippen molar-refractivity contribution in [3.63, 3.8) is 0 Å². The molecule has 1 heterocycles. The molecule has 1 atom stereocenters. The number of likely N-dealkylation sites (N-methyl/N-ethyl adjacent to an activating group) is 1. The fourth-order valence-corrected chi connectivity index (χ4v) is 1.69. The molecule has 4 nitrogen and oxygen atoms in total. The van der Waals surface area contributed by atoms with Gasteiger partial charge in [-0.1, -0.05) is 29.8 Å². The predicted octanol–water partition coefficient (Wildman–Crippen LogP) is 1.62. The van der Waals surface area contributed by atoms with Crippen LogP contribution in [0, 0.1) is 6.92 Å². The molecule has 0 bridgehead atoms. The van der Waals surface area contributed by atoms with Gasteiger partial charge in [0.05, 0.1) is 17.9 Å². The van der Waals surface area contributed by atoms with Crippen molar-refractivity contribution in [3.05, 3.63) is 47.3 Å². The Morgan fingerprint density at radius 2 is 2.06 bits per heavy atom. The van der Waals surface area contributed by atoms with Gasteiger partial charge in [-0.2, -0.15) is 15.4 Å². The first-order chi connectivity index (χ1) is 7.79. The van der Waals surface area contributed by atoms with Crippen molar-refractivity contribution in [2.75, 3.05) is 7.05 Å². The second-order valence-electron chi connectivity index (χ2n) is 3.93. The minimum absolute atomic E-state index is 0.210. The van der Waals surface area contributed by atoms with E-state index in [1.807, 2.05) is 7.05 Å². The average molecular weight is 216 g/mol. The zero-order chi connectivity index (χ0) is 11.4. The van der Waals surface area contributed by atoms with Gasteiger partial charge in [-0.15, -0.1) is 0 Å². The number of rotatable bonds is 4. The highest BCUT2D eigenvalue weighted by molar-refractivity contribution is 5.23. The Morgan fingerprint density at radius 1 is 1.31 bits per heavy atom. The maximum atomic E-state index is 4.10. The molecule has 0 spiro atoms. The van der Waals surface area contributed by atoms with E-state index < -0.39 is 0 Å². The summed E-state index contributed by atoms with van der Waals surface area (Å²) in [4.78, 5) is 0. The number of aromatic nitrogens is 3. The summed E-state index contributed by atoms with van der Waals surface area (Å²) in [6, 6.07) is 8.77.